The number of aromatic amines is 1. The number of H-pyrrole nitrogens is 1. The lowest BCUT2D eigenvalue weighted by Crippen LogP contribution is -2.07. The van der Waals surface area contributed by atoms with Crippen LogP contribution in [0.3, 0.4) is 0 Å². The summed E-state index contributed by atoms with van der Waals surface area (Å²) in [6.45, 7) is 0. The molecule has 0 saturated carbocycles. The van der Waals surface area contributed by atoms with Gasteiger partial charge < -0.3 is 4.98 Å². The minimum atomic E-state index is 0.316. The third-order valence-corrected chi connectivity index (χ3v) is 11.5. The van der Waals surface area contributed by atoms with Gasteiger partial charge in [0, 0.05) is 48.6 Å². The van der Waals surface area contributed by atoms with Crippen LogP contribution in [0.2, 0.25) is 0 Å². The van der Waals surface area contributed by atoms with Gasteiger partial charge in [-0.1, -0.05) is 127 Å². The normalized spacial score (nSPS) is 17.1. The minimum absolute atomic E-state index is 0.316. The second-order valence-electron chi connectivity index (χ2n) is 12.5. The van der Waals surface area contributed by atoms with Gasteiger partial charge in [-0.15, -0.1) is 11.8 Å². The SMILES string of the molecule is C1=CC2Sc3c(c4c5ccccc5n(-c5nc(-c6ccccc6)c6[nH]c7c8ccccc8ccc7c6n5)c4c4ccccc34)C2C=C1. The molecular formula is C42H26N4S. The number of allylic oxidation sites excluding steroid dienone is 3. The van der Waals surface area contributed by atoms with Gasteiger partial charge in [0.2, 0.25) is 5.95 Å². The summed E-state index contributed by atoms with van der Waals surface area (Å²) >= 11 is 2.00. The number of hydrogen-bond acceptors (Lipinski definition) is 3. The molecule has 6 aromatic carbocycles. The quantitative estimate of drug-likeness (QED) is 0.210. The number of benzene rings is 6. The average Bonchev–Trinajstić information content (AvgIpc) is 3.82. The van der Waals surface area contributed by atoms with Gasteiger partial charge in [-0.05, 0) is 28.5 Å². The van der Waals surface area contributed by atoms with E-state index in [-0.39, 0.29) is 0 Å². The maximum Gasteiger partial charge on any atom is 0.235 e. The predicted octanol–water partition coefficient (Wildman–Crippen LogP) is 10.9. The highest BCUT2D eigenvalue weighted by atomic mass is 32.2. The van der Waals surface area contributed by atoms with E-state index in [1.54, 1.807) is 0 Å². The number of nitrogens with zero attached hydrogens (tertiary/aromatic N) is 3. The number of thioether (sulfide) groups is 1. The Morgan fingerprint density at radius 1 is 0.617 bits per heavy atom. The molecule has 2 aliphatic rings. The summed E-state index contributed by atoms with van der Waals surface area (Å²) in [5.74, 6) is 1.000. The van der Waals surface area contributed by atoms with Crippen molar-refractivity contribution in [1.29, 1.82) is 0 Å². The van der Waals surface area contributed by atoms with E-state index in [1.807, 2.05) is 11.8 Å². The smallest absolute Gasteiger partial charge is 0.235 e. The molecule has 5 heteroatoms. The van der Waals surface area contributed by atoms with Gasteiger partial charge in [0.25, 0.3) is 0 Å². The number of nitrogens with one attached hydrogen (secondary N) is 1. The molecule has 11 rings (SSSR count). The van der Waals surface area contributed by atoms with Crippen LogP contribution in [0.15, 0.2) is 144 Å². The summed E-state index contributed by atoms with van der Waals surface area (Å²) in [4.78, 5) is 16.1. The van der Waals surface area contributed by atoms with Gasteiger partial charge in [0.15, 0.2) is 0 Å². The van der Waals surface area contributed by atoms with E-state index in [4.69, 9.17) is 9.97 Å². The van der Waals surface area contributed by atoms with E-state index in [2.05, 4.69) is 149 Å². The molecule has 0 fully saturated rings. The third kappa shape index (κ3) is 3.44. The van der Waals surface area contributed by atoms with Crippen LogP contribution in [0.5, 0.6) is 0 Å². The zero-order valence-corrected chi connectivity index (χ0v) is 26.0. The molecule has 220 valence electrons. The molecule has 3 aromatic heterocycles. The van der Waals surface area contributed by atoms with Crippen LogP contribution >= 0.6 is 11.8 Å². The molecule has 2 unspecified atom stereocenters. The first-order valence-corrected chi connectivity index (χ1v) is 17.0. The van der Waals surface area contributed by atoms with E-state index < -0.39 is 0 Å². The van der Waals surface area contributed by atoms with Crippen molar-refractivity contribution in [2.45, 2.75) is 16.1 Å². The van der Waals surface area contributed by atoms with Crippen molar-refractivity contribution in [3.63, 3.8) is 0 Å². The van der Waals surface area contributed by atoms with Crippen molar-refractivity contribution >= 4 is 77.0 Å². The van der Waals surface area contributed by atoms with Gasteiger partial charge in [0.1, 0.15) is 11.2 Å². The molecule has 47 heavy (non-hydrogen) atoms. The van der Waals surface area contributed by atoms with Crippen LogP contribution in [-0.2, 0) is 0 Å². The molecule has 4 heterocycles. The van der Waals surface area contributed by atoms with Crippen LogP contribution in [-0.4, -0.2) is 24.8 Å². The largest absolute Gasteiger partial charge is 0.351 e. The Hall–Kier alpha value is -5.65. The molecule has 1 aliphatic heterocycles. The molecule has 0 amide bonds. The Balaban J connectivity index is 1.33. The van der Waals surface area contributed by atoms with E-state index in [1.165, 1.54) is 48.3 Å². The molecule has 0 saturated heterocycles. The number of fused-ring (bicyclic) bond motifs is 15. The minimum Gasteiger partial charge on any atom is -0.351 e. The summed E-state index contributed by atoms with van der Waals surface area (Å²) < 4.78 is 2.33. The Kier molecular flexibility index (Phi) is 5.13. The summed E-state index contributed by atoms with van der Waals surface area (Å²) in [6, 6.07) is 41.1. The van der Waals surface area contributed by atoms with Gasteiger partial charge >= 0.3 is 0 Å². The zero-order valence-electron chi connectivity index (χ0n) is 25.2. The maximum atomic E-state index is 5.47. The number of hydrogen-bond donors (Lipinski definition) is 1. The highest BCUT2D eigenvalue weighted by Crippen LogP contribution is 2.56. The number of aromatic nitrogens is 4. The number of para-hydroxylation sites is 1. The van der Waals surface area contributed by atoms with Crippen LogP contribution in [0.25, 0.3) is 82.5 Å². The van der Waals surface area contributed by atoms with Crippen molar-refractivity contribution < 1.29 is 0 Å². The molecule has 1 aliphatic carbocycles. The molecular weight excluding hydrogens is 593 g/mol. The lowest BCUT2D eigenvalue weighted by Gasteiger charge is -2.16. The Labute approximate surface area is 274 Å². The van der Waals surface area contributed by atoms with Crippen LogP contribution in [0.1, 0.15) is 11.5 Å². The Morgan fingerprint density at radius 2 is 1.36 bits per heavy atom. The van der Waals surface area contributed by atoms with E-state index >= 15 is 0 Å². The number of rotatable bonds is 2. The fraction of sp³-hybridized carbons (Fsp3) is 0.0476. The molecule has 2 atom stereocenters. The molecule has 9 aromatic rings. The van der Waals surface area contributed by atoms with Crippen molar-refractivity contribution in [3.8, 4) is 17.2 Å². The zero-order chi connectivity index (χ0) is 30.6. The standard InChI is InChI=1S/C42H26N4S/c1-2-13-25(14-3-1)36-39-38(31-23-22-24-12-4-5-15-26(24)37(31)43-39)45-42(44-36)46-32-20-10-8-18-29(32)34-35-30-19-9-11-21-33(30)47-41(35)28-17-7-6-16-27(28)40(34)46/h1-23,30,33,43H. The van der Waals surface area contributed by atoms with Crippen LogP contribution in [0.4, 0.5) is 0 Å². The molecule has 1 N–H and O–H groups in total. The topological polar surface area (TPSA) is 46.5 Å². The average molecular weight is 619 g/mol. The highest BCUT2D eigenvalue weighted by Gasteiger charge is 2.36. The third-order valence-electron chi connectivity index (χ3n) is 10.1. The van der Waals surface area contributed by atoms with Crippen LogP contribution < -0.4 is 0 Å². The van der Waals surface area contributed by atoms with E-state index in [0.29, 0.717) is 17.1 Å². The lowest BCUT2D eigenvalue weighted by atomic mass is 9.87. The van der Waals surface area contributed by atoms with Gasteiger partial charge in [-0.2, -0.15) is 0 Å². The van der Waals surface area contributed by atoms with Gasteiger partial charge in [0.05, 0.1) is 22.1 Å². The summed E-state index contributed by atoms with van der Waals surface area (Å²) in [7, 11) is 0. The predicted molar refractivity (Wildman–Crippen MR) is 197 cm³/mol. The van der Waals surface area contributed by atoms with E-state index in [0.717, 1.165) is 38.7 Å². The maximum absolute atomic E-state index is 5.47. The molecule has 0 spiro atoms. The first-order chi connectivity index (χ1) is 23.3. The van der Waals surface area contributed by atoms with Gasteiger partial charge in [-0.25, -0.2) is 9.97 Å². The van der Waals surface area contributed by atoms with Crippen molar-refractivity contribution in [3.05, 3.63) is 145 Å². The van der Waals surface area contributed by atoms with Crippen LogP contribution in [0, 0.1) is 0 Å². The molecule has 4 nitrogen and oxygen atoms in total. The second kappa shape index (κ2) is 9.44. The summed E-state index contributed by atoms with van der Waals surface area (Å²) in [5.41, 5.74) is 8.65. The first-order valence-electron chi connectivity index (χ1n) is 16.1. The fourth-order valence-corrected chi connectivity index (χ4v) is 9.54. The van der Waals surface area contributed by atoms with Crippen molar-refractivity contribution in [2.75, 3.05) is 0 Å². The Bertz CT molecular complexity index is 2840. The lowest BCUT2D eigenvalue weighted by molar-refractivity contribution is 0.892. The Morgan fingerprint density at radius 3 is 2.26 bits per heavy atom. The molecule has 0 radical (unpaired) electrons. The highest BCUT2D eigenvalue weighted by molar-refractivity contribution is 8.00. The van der Waals surface area contributed by atoms with Gasteiger partial charge in [-0.3, -0.25) is 4.57 Å². The fourth-order valence-electron chi connectivity index (χ4n) is 8.06. The monoisotopic (exact) mass is 618 g/mol. The first kappa shape index (κ1) is 25.5. The second-order valence-corrected chi connectivity index (χ2v) is 13.7. The van der Waals surface area contributed by atoms with Crippen molar-refractivity contribution in [1.82, 2.24) is 19.5 Å². The summed E-state index contributed by atoms with van der Waals surface area (Å²) in [5, 5.41) is 8.95. The van der Waals surface area contributed by atoms with Crippen molar-refractivity contribution in [2.24, 2.45) is 0 Å². The summed E-state index contributed by atoms with van der Waals surface area (Å²) in [6.07, 6.45) is 9.15. The molecule has 0 bridgehead atoms. The van der Waals surface area contributed by atoms with E-state index in [9.17, 15) is 0 Å².